The highest BCUT2D eigenvalue weighted by Crippen LogP contribution is 2.18. The maximum atomic E-state index is 13.0. The number of nitrogens with zero attached hydrogens (tertiary/aromatic N) is 3. The van der Waals surface area contributed by atoms with Crippen LogP contribution < -0.4 is 4.74 Å². The predicted octanol–water partition coefficient (Wildman–Crippen LogP) is 1.50. The molecule has 1 aliphatic heterocycles. The Morgan fingerprint density at radius 3 is 3.15 bits per heavy atom. The van der Waals surface area contributed by atoms with E-state index in [0.717, 1.165) is 0 Å². The van der Waals surface area contributed by atoms with Crippen LogP contribution in [-0.4, -0.2) is 40.0 Å². The number of aromatic nitrogens is 2. The molecule has 2 aromatic rings. The quantitative estimate of drug-likeness (QED) is 0.795. The average Bonchev–Trinajstić information content (AvgIpc) is 3.09. The minimum atomic E-state index is -0.588. The Balaban J connectivity index is 1.61. The summed E-state index contributed by atoms with van der Waals surface area (Å²) in [7, 11) is 0. The van der Waals surface area contributed by atoms with Crippen LogP contribution in [-0.2, 0) is 0 Å². The van der Waals surface area contributed by atoms with Crippen LogP contribution in [0.3, 0.4) is 0 Å². The second-order valence-corrected chi connectivity index (χ2v) is 4.44. The lowest BCUT2D eigenvalue weighted by atomic mass is 10.3. The minimum Gasteiger partial charge on any atom is -0.472 e. The molecule has 3 heterocycles. The van der Waals surface area contributed by atoms with Crippen molar-refractivity contribution in [3.8, 4) is 5.88 Å². The SMILES string of the molecule is O=C(c1cnco1)N1CCC(Oc2cccc(F)n2)C1. The van der Waals surface area contributed by atoms with Crippen molar-refractivity contribution in [2.24, 2.45) is 0 Å². The van der Waals surface area contributed by atoms with Gasteiger partial charge in [-0.15, -0.1) is 0 Å². The van der Waals surface area contributed by atoms with Crippen LogP contribution in [0.4, 0.5) is 4.39 Å². The van der Waals surface area contributed by atoms with Crippen molar-refractivity contribution in [3.63, 3.8) is 0 Å². The first-order valence-corrected chi connectivity index (χ1v) is 6.19. The molecule has 1 atom stereocenters. The van der Waals surface area contributed by atoms with E-state index in [2.05, 4.69) is 9.97 Å². The van der Waals surface area contributed by atoms with E-state index in [1.807, 2.05) is 0 Å². The number of oxazole rings is 1. The summed E-state index contributed by atoms with van der Waals surface area (Å²) >= 11 is 0. The summed E-state index contributed by atoms with van der Waals surface area (Å²) in [5, 5.41) is 0. The second kappa shape index (κ2) is 5.28. The van der Waals surface area contributed by atoms with Crippen molar-refractivity contribution in [2.45, 2.75) is 12.5 Å². The summed E-state index contributed by atoms with van der Waals surface area (Å²) < 4.78 is 23.5. The molecule has 1 aliphatic rings. The highest BCUT2D eigenvalue weighted by atomic mass is 19.1. The number of hydrogen-bond acceptors (Lipinski definition) is 5. The number of halogens is 1. The van der Waals surface area contributed by atoms with Crippen LogP contribution in [0.1, 0.15) is 17.0 Å². The number of ether oxygens (including phenoxy) is 1. The molecule has 7 heteroatoms. The third-order valence-corrected chi connectivity index (χ3v) is 3.05. The molecule has 0 N–H and O–H groups in total. The molecule has 0 spiro atoms. The summed E-state index contributed by atoms with van der Waals surface area (Å²) in [5.41, 5.74) is 0. The zero-order chi connectivity index (χ0) is 13.9. The van der Waals surface area contributed by atoms with Gasteiger partial charge in [0.05, 0.1) is 12.7 Å². The topological polar surface area (TPSA) is 68.5 Å². The smallest absolute Gasteiger partial charge is 0.291 e. The van der Waals surface area contributed by atoms with Crippen molar-refractivity contribution < 1.29 is 18.3 Å². The molecule has 20 heavy (non-hydrogen) atoms. The van der Waals surface area contributed by atoms with Crippen molar-refractivity contribution in [3.05, 3.63) is 42.5 Å². The van der Waals surface area contributed by atoms with Crippen molar-refractivity contribution in [2.75, 3.05) is 13.1 Å². The Labute approximate surface area is 114 Å². The zero-order valence-electron chi connectivity index (χ0n) is 10.5. The van der Waals surface area contributed by atoms with E-state index in [4.69, 9.17) is 9.15 Å². The zero-order valence-corrected chi connectivity index (χ0v) is 10.5. The summed E-state index contributed by atoms with van der Waals surface area (Å²) in [6.07, 6.45) is 3.06. The van der Waals surface area contributed by atoms with E-state index < -0.39 is 5.95 Å². The van der Waals surface area contributed by atoms with Gasteiger partial charge in [-0.1, -0.05) is 6.07 Å². The van der Waals surface area contributed by atoms with E-state index >= 15 is 0 Å². The van der Waals surface area contributed by atoms with Crippen LogP contribution in [0.25, 0.3) is 0 Å². The van der Waals surface area contributed by atoms with E-state index in [9.17, 15) is 9.18 Å². The molecule has 0 aromatic carbocycles. The van der Waals surface area contributed by atoms with Crippen molar-refractivity contribution >= 4 is 5.91 Å². The molecule has 1 amide bonds. The molecular weight excluding hydrogens is 265 g/mol. The molecule has 1 unspecified atom stereocenters. The molecule has 0 aliphatic carbocycles. The molecule has 0 bridgehead atoms. The van der Waals surface area contributed by atoms with Crippen LogP contribution in [0.5, 0.6) is 5.88 Å². The normalized spacial score (nSPS) is 18.2. The van der Waals surface area contributed by atoms with Gasteiger partial charge in [-0.3, -0.25) is 4.79 Å². The number of hydrogen-bond donors (Lipinski definition) is 0. The summed E-state index contributed by atoms with van der Waals surface area (Å²) in [6.45, 7) is 0.969. The van der Waals surface area contributed by atoms with Crippen molar-refractivity contribution in [1.82, 2.24) is 14.9 Å². The highest BCUT2D eigenvalue weighted by Gasteiger charge is 2.29. The predicted molar refractivity (Wildman–Crippen MR) is 65.6 cm³/mol. The molecule has 104 valence electrons. The third kappa shape index (κ3) is 2.61. The Morgan fingerprint density at radius 1 is 1.50 bits per heavy atom. The molecule has 0 radical (unpaired) electrons. The minimum absolute atomic E-state index is 0.198. The van der Waals surface area contributed by atoms with Gasteiger partial charge in [0.25, 0.3) is 5.91 Å². The van der Waals surface area contributed by atoms with E-state index in [1.54, 1.807) is 11.0 Å². The average molecular weight is 277 g/mol. The number of pyridine rings is 1. The first-order valence-electron chi connectivity index (χ1n) is 6.19. The van der Waals surface area contributed by atoms with Gasteiger partial charge in [-0.25, -0.2) is 4.98 Å². The first kappa shape index (κ1) is 12.6. The fraction of sp³-hybridized carbons (Fsp3) is 0.308. The Hall–Kier alpha value is -2.44. The highest BCUT2D eigenvalue weighted by molar-refractivity contribution is 5.91. The molecule has 1 saturated heterocycles. The number of carbonyl (C=O) groups excluding carboxylic acids is 1. The van der Waals surface area contributed by atoms with Crippen LogP contribution in [0.2, 0.25) is 0 Å². The number of carbonyl (C=O) groups is 1. The van der Waals surface area contributed by atoms with Gasteiger partial charge in [-0.2, -0.15) is 9.37 Å². The lowest BCUT2D eigenvalue weighted by molar-refractivity contribution is 0.0739. The fourth-order valence-electron chi connectivity index (χ4n) is 2.11. The largest absolute Gasteiger partial charge is 0.472 e. The Morgan fingerprint density at radius 2 is 2.40 bits per heavy atom. The van der Waals surface area contributed by atoms with Crippen LogP contribution in [0, 0.1) is 5.95 Å². The standard InChI is InChI=1S/C13H12FN3O3/c14-11-2-1-3-12(16-11)20-9-4-5-17(7-9)13(18)10-6-15-8-19-10/h1-3,6,8-9H,4-5,7H2. The van der Waals surface area contributed by atoms with Gasteiger partial charge in [-0.05, 0) is 6.07 Å². The molecule has 0 saturated carbocycles. The monoisotopic (exact) mass is 277 g/mol. The third-order valence-electron chi connectivity index (χ3n) is 3.05. The van der Waals surface area contributed by atoms with Crippen LogP contribution in [0.15, 0.2) is 35.2 Å². The molecule has 3 rings (SSSR count). The second-order valence-electron chi connectivity index (χ2n) is 4.44. The number of rotatable bonds is 3. The van der Waals surface area contributed by atoms with Gasteiger partial charge < -0.3 is 14.1 Å². The van der Waals surface area contributed by atoms with Gasteiger partial charge in [0.15, 0.2) is 6.39 Å². The Bertz CT molecular complexity index is 603. The van der Waals surface area contributed by atoms with E-state index in [-0.39, 0.29) is 23.7 Å². The van der Waals surface area contributed by atoms with Crippen LogP contribution >= 0.6 is 0 Å². The molecule has 2 aromatic heterocycles. The lowest BCUT2D eigenvalue weighted by Crippen LogP contribution is -2.30. The van der Waals surface area contributed by atoms with Crippen molar-refractivity contribution in [1.29, 1.82) is 0 Å². The lowest BCUT2D eigenvalue weighted by Gasteiger charge is -2.15. The van der Waals surface area contributed by atoms with Gasteiger partial charge in [0.2, 0.25) is 17.6 Å². The number of amides is 1. The maximum Gasteiger partial charge on any atom is 0.291 e. The van der Waals surface area contributed by atoms with Gasteiger partial charge in [0, 0.05) is 19.0 Å². The summed E-state index contributed by atoms with van der Waals surface area (Å²) in [4.78, 5) is 21.0. The summed E-state index contributed by atoms with van der Waals surface area (Å²) in [5.74, 6) is -0.380. The number of likely N-dealkylation sites (tertiary alicyclic amines) is 1. The van der Waals surface area contributed by atoms with Gasteiger partial charge >= 0.3 is 0 Å². The molecular formula is C13H12FN3O3. The summed E-state index contributed by atoms with van der Waals surface area (Å²) in [6, 6.07) is 4.37. The van der Waals surface area contributed by atoms with E-state index in [1.165, 1.54) is 24.7 Å². The van der Waals surface area contributed by atoms with Gasteiger partial charge in [0.1, 0.15) is 6.10 Å². The molecule has 6 nitrogen and oxygen atoms in total. The van der Waals surface area contributed by atoms with E-state index in [0.29, 0.717) is 19.5 Å². The molecule has 1 fully saturated rings. The first-order chi connectivity index (χ1) is 9.72. The Kier molecular flexibility index (Phi) is 3.32. The fourth-order valence-corrected chi connectivity index (χ4v) is 2.11. The maximum absolute atomic E-state index is 13.0.